The highest BCUT2D eigenvalue weighted by atomic mass is 79.9. The summed E-state index contributed by atoms with van der Waals surface area (Å²) in [5.74, 6) is 0.275. The third-order valence-electron chi connectivity index (χ3n) is 1.96. The normalized spacial score (nSPS) is 11.9. The third kappa shape index (κ3) is 3.83. The molecule has 1 aromatic rings. The number of rotatable bonds is 5. The molecule has 5 heteroatoms. The van der Waals surface area contributed by atoms with Gasteiger partial charge in [-0.25, -0.2) is 0 Å². The monoisotopic (exact) mass is 288 g/mol. The number of carbonyl (C=O) groups excluding carboxylic acids is 1. The molecule has 0 heterocycles. The van der Waals surface area contributed by atoms with Gasteiger partial charge in [-0.15, -0.1) is 0 Å². The van der Waals surface area contributed by atoms with Crippen LogP contribution in [-0.4, -0.2) is 29.6 Å². The summed E-state index contributed by atoms with van der Waals surface area (Å²) < 4.78 is 9.90. The minimum absolute atomic E-state index is 0.00348. The zero-order valence-corrected chi connectivity index (χ0v) is 10.4. The molecule has 1 rings (SSSR count). The number of carbonyl (C=O) groups is 1. The van der Waals surface area contributed by atoms with Gasteiger partial charge in [-0.05, 0) is 17.7 Å². The summed E-state index contributed by atoms with van der Waals surface area (Å²) in [6, 6.07) is 7.00. The van der Waals surface area contributed by atoms with Gasteiger partial charge in [0.05, 0.1) is 13.7 Å². The van der Waals surface area contributed by atoms with Crippen LogP contribution >= 0.6 is 15.9 Å². The Kier molecular flexibility index (Phi) is 5.28. The molecule has 16 heavy (non-hydrogen) atoms. The third-order valence-corrected chi connectivity index (χ3v) is 2.60. The molecule has 0 saturated heterocycles. The maximum atomic E-state index is 11.1. The SMILES string of the molecule is COC(=O)C(Br)COc1ccc(CO)cc1. The van der Waals surface area contributed by atoms with E-state index in [0.29, 0.717) is 5.75 Å². The number of aliphatic hydroxyl groups is 1. The largest absolute Gasteiger partial charge is 0.492 e. The van der Waals surface area contributed by atoms with Gasteiger partial charge in [0.15, 0.2) is 0 Å². The zero-order chi connectivity index (χ0) is 12.0. The van der Waals surface area contributed by atoms with Gasteiger partial charge in [0.1, 0.15) is 17.2 Å². The van der Waals surface area contributed by atoms with E-state index in [9.17, 15) is 4.79 Å². The van der Waals surface area contributed by atoms with Gasteiger partial charge in [0.25, 0.3) is 0 Å². The van der Waals surface area contributed by atoms with E-state index in [0.717, 1.165) is 5.56 Å². The van der Waals surface area contributed by atoms with Crippen LogP contribution in [0.25, 0.3) is 0 Å². The Labute approximate surface area is 102 Å². The van der Waals surface area contributed by atoms with Crippen LogP contribution in [0.2, 0.25) is 0 Å². The van der Waals surface area contributed by atoms with E-state index in [4.69, 9.17) is 9.84 Å². The summed E-state index contributed by atoms with van der Waals surface area (Å²) in [4.78, 5) is 10.6. The van der Waals surface area contributed by atoms with E-state index in [-0.39, 0.29) is 19.2 Å². The fraction of sp³-hybridized carbons (Fsp3) is 0.364. The van der Waals surface area contributed by atoms with Crippen LogP contribution in [-0.2, 0) is 16.1 Å². The zero-order valence-electron chi connectivity index (χ0n) is 8.85. The first-order valence-electron chi connectivity index (χ1n) is 4.72. The van der Waals surface area contributed by atoms with Gasteiger partial charge >= 0.3 is 5.97 Å². The molecule has 4 nitrogen and oxygen atoms in total. The quantitative estimate of drug-likeness (QED) is 0.659. The second-order valence-corrected chi connectivity index (χ2v) is 4.21. The van der Waals surface area contributed by atoms with Crippen LogP contribution in [0.15, 0.2) is 24.3 Å². The highest BCUT2D eigenvalue weighted by molar-refractivity contribution is 9.10. The van der Waals surface area contributed by atoms with E-state index >= 15 is 0 Å². The van der Waals surface area contributed by atoms with Gasteiger partial charge in [-0.1, -0.05) is 28.1 Å². The van der Waals surface area contributed by atoms with Crippen molar-refractivity contribution in [3.8, 4) is 5.75 Å². The Morgan fingerprint density at radius 3 is 2.56 bits per heavy atom. The van der Waals surface area contributed by atoms with Crippen molar-refractivity contribution in [1.82, 2.24) is 0 Å². The van der Waals surface area contributed by atoms with Crippen molar-refractivity contribution in [2.45, 2.75) is 11.4 Å². The molecule has 0 aliphatic carbocycles. The molecule has 0 bridgehead atoms. The summed E-state index contributed by atoms with van der Waals surface area (Å²) in [5, 5.41) is 8.84. The second-order valence-electron chi connectivity index (χ2n) is 3.10. The molecular weight excluding hydrogens is 276 g/mol. The number of hydrogen-bond donors (Lipinski definition) is 1. The first-order valence-corrected chi connectivity index (χ1v) is 5.63. The Morgan fingerprint density at radius 2 is 2.06 bits per heavy atom. The second kappa shape index (κ2) is 6.50. The van der Waals surface area contributed by atoms with Crippen LogP contribution in [0.1, 0.15) is 5.56 Å². The van der Waals surface area contributed by atoms with Crippen LogP contribution in [0, 0.1) is 0 Å². The van der Waals surface area contributed by atoms with Crippen LogP contribution < -0.4 is 4.74 Å². The van der Waals surface area contributed by atoms with Gasteiger partial charge in [-0.3, -0.25) is 4.79 Å². The molecule has 88 valence electrons. The molecule has 0 fully saturated rings. The highest BCUT2D eigenvalue weighted by Gasteiger charge is 2.15. The molecule has 0 aliphatic rings. The first-order chi connectivity index (χ1) is 7.67. The molecule has 0 saturated carbocycles. The van der Waals surface area contributed by atoms with Crippen molar-refractivity contribution in [3.63, 3.8) is 0 Å². The van der Waals surface area contributed by atoms with Crippen molar-refractivity contribution in [2.75, 3.05) is 13.7 Å². The minimum Gasteiger partial charge on any atom is -0.492 e. The molecule has 1 atom stereocenters. The van der Waals surface area contributed by atoms with Crippen LogP contribution in [0.5, 0.6) is 5.75 Å². The molecule has 1 N–H and O–H groups in total. The predicted molar refractivity (Wildman–Crippen MR) is 62.6 cm³/mol. The smallest absolute Gasteiger partial charge is 0.322 e. The predicted octanol–water partition coefficient (Wildman–Crippen LogP) is 1.49. The summed E-state index contributed by atoms with van der Waals surface area (Å²) in [5.41, 5.74) is 0.815. The molecule has 0 amide bonds. The van der Waals surface area contributed by atoms with E-state index in [2.05, 4.69) is 20.7 Å². The lowest BCUT2D eigenvalue weighted by Crippen LogP contribution is -2.22. The number of esters is 1. The molecule has 1 aromatic carbocycles. The summed E-state index contributed by atoms with van der Waals surface area (Å²) in [6.07, 6.45) is 0. The number of ether oxygens (including phenoxy) is 2. The van der Waals surface area contributed by atoms with Crippen LogP contribution in [0.4, 0.5) is 0 Å². The molecule has 0 aromatic heterocycles. The number of methoxy groups -OCH3 is 1. The lowest BCUT2D eigenvalue weighted by atomic mass is 10.2. The highest BCUT2D eigenvalue weighted by Crippen LogP contribution is 2.13. The average molecular weight is 289 g/mol. The topological polar surface area (TPSA) is 55.8 Å². The van der Waals surface area contributed by atoms with Crippen molar-refractivity contribution in [2.24, 2.45) is 0 Å². The molecule has 0 radical (unpaired) electrons. The van der Waals surface area contributed by atoms with Crippen molar-refractivity contribution < 1.29 is 19.4 Å². The molecular formula is C11H13BrO4. The van der Waals surface area contributed by atoms with Gasteiger partial charge < -0.3 is 14.6 Å². The number of alkyl halides is 1. The molecule has 0 aliphatic heterocycles. The fourth-order valence-electron chi connectivity index (χ4n) is 1.06. The standard InChI is InChI=1S/C11H13BrO4/c1-15-11(14)10(12)7-16-9-4-2-8(6-13)3-5-9/h2-5,10,13H,6-7H2,1H3. The number of hydrogen-bond acceptors (Lipinski definition) is 4. The fourth-order valence-corrected chi connectivity index (χ4v) is 1.38. The van der Waals surface area contributed by atoms with E-state index in [1.54, 1.807) is 24.3 Å². The average Bonchev–Trinajstić information content (AvgIpc) is 2.35. The lowest BCUT2D eigenvalue weighted by molar-refractivity contribution is -0.140. The van der Waals surface area contributed by atoms with Crippen molar-refractivity contribution in [1.29, 1.82) is 0 Å². The van der Waals surface area contributed by atoms with Crippen molar-refractivity contribution >= 4 is 21.9 Å². The van der Waals surface area contributed by atoms with E-state index < -0.39 is 4.83 Å². The van der Waals surface area contributed by atoms with Gasteiger partial charge in [0, 0.05) is 0 Å². The van der Waals surface area contributed by atoms with Gasteiger partial charge in [0.2, 0.25) is 0 Å². The Morgan fingerprint density at radius 1 is 1.44 bits per heavy atom. The number of aliphatic hydroxyl groups excluding tert-OH is 1. The summed E-state index contributed by atoms with van der Waals surface area (Å²) in [6.45, 7) is 0.203. The summed E-state index contributed by atoms with van der Waals surface area (Å²) in [7, 11) is 1.33. The number of halogens is 1. The maximum absolute atomic E-state index is 11.1. The Bertz CT molecular complexity index is 336. The van der Waals surface area contributed by atoms with Gasteiger partial charge in [-0.2, -0.15) is 0 Å². The number of benzene rings is 1. The maximum Gasteiger partial charge on any atom is 0.322 e. The molecule has 1 unspecified atom stereocenters. The minimum atomic E-state index is -0.477. The summed E-state index contributed by atoms with van der Waals surface area (Å²) >= 11 is 3.15. The molecule has 0 spiro atoms. The Hall–Kier alpha value is -1.07. The Balaban J connectivity index is 2.45. The van der Waals surface area contributed by atoms with E-state index in [1.807, 2.05) is 0 Å². The van der Waals surface area contributed by atoms with E-state index in [1.165, 1.54) is 7.11 Å². The first kappa shape index (κ1) is 13.0. The van der Waals surface area contributed by atoms with Crippen molar-refractivity contribution in [3.05, 3.63) is 29.8 Å². The van der Waals surface area contributed by atoms with Crippen LogP contribution in [0.3, 0.4) is 0 Å². The lowest BCUT2D eigenvalue weighted by Gasteiger charge is -2.10.